The highest BCUT2D eigenvalue weighted by Crippen LogP contribution is 2.27. The number of nitrogens with two attached hydrogens (primary N) is 1. The minimum absolute atomic E-state index is 0.114. The Hall–Kier alpha value is -2.14. The first-order valence-corrected chi connectivity index (χ1v) is 5.83. The Kier molecular flexibility index (Phi) is 2.64. The summed E-state index contributed by atoms with van der Waals surface area (Å²) < 4.78 is 28.2. The number of halogens is 3. The second-order valence-corrected chi connectivity index (χ2v) is 4.47. The first-order chi connectivity index (χ1) is 9.06. The zero-order chi connectivity index (χ0) is 13.6. The molecular weight excluding hydrogens is 272 g/mol. The first kappa shape index (κ1) is 11.9. The fraction of sp³-hybridized carbons (Fsp3) is 0. The van der Waals surface area contributed by atoms with Crippen molar-refractivity contribution in [3.63, 3.8) is 0 Å². The molecular formula is C13H8ClF2N3. The van der Waals surface area contributed by atoms with E-state index < -0.39 is 11.6 Å². The molecule has 0 spiro atoms. The number of nitrogen functional groups attached to an aromatic ring is 1. The zero-order valence-electron chi connectivity index (χ0n) is 9.57. The van der Waals surface area contributed by atoms with Crippen LogP contribution in [-0.4, -0.2) is 9.55 Å². The van der Waals surface area contributed by atoms with E-state index >= 15 is 0 Å². The number of nitrogens with zero attached hydrogens (tertiary/aromatic N) is 2. The molecule has 6 heteroatoms. The fourth-order valence-corrected chi connectivity index (χ4v) is 2.15. The summed E-state index contributed by atoms with van der Waals surface area (Å²) in [6.45, 7) is 0. The lowest BCUT2D eigenvalue weighted by Gasteiger charge is -2.07. The van der Waals surface area contributed by atoms with E-state index in [0.717, 1.165) is 6.07 Å². The van der Waals surface area contributed by atoms with E-state index in [1.807, 2.05) is 0 Å². The van der Waals surface area contributed by atoms with Gasteiger partial charge in [0.1, 0.15) is 11.6 Å². The zero-order valence-corrected chi connectivity index (χ0v) is 10.3. The van der Waals surface area contributed by atoms with Gasteiger partial charge in [0, 0.05) is 11.1 Å². The highest BCUT2D eigenvalue weighted by Gasteiger charge is 2.14. The van der Waals surface area contributed by atoms with E-state index in [0.29, 0.717) is 16.1 Å². The lowest BCUT2D eigenvalue weighted by Crippen LogP contribution is -2.03. The Balaban J connectivity index is 2.33. The second-order valence-electron chi connectivity index (χ2n) is 4.03. The Bertz CT molecular complexity index is 783. The third kappa shape index (κ3) is 1.92. The highest BCUT2D eigenvalue weighted by atomic mass is 35.5. The van der Waals surface area contributed by atoms with Crippen molar-refractivity contribution in [2.24, 2.45) is 0 Å². The van der Waals surface area contributed by atoms with Crippen molar-refractivity contribution >= 4 is 28.6 Å². The van der Waals surface area contributed by atoms with Gasteiger partial charge in [-0.1, -0.05) is 11.6 Å². The molecule has 0 radical (unpaired) electrons. The molecule has 0 aliphatic heterocycles. The van der Waals surface area contributed by atoms with Gasteiger partial charge in [-0.25, -0.2) is 13.8 Å². The topological polar surface area (TPSA) is 43.8 Å². The van der Waals surface area contributed by atoms with Gasteiger partial charge < -0.3 is 5.73 Å². The third-order valence-corrected chi connectivity index (χ3v) is 3.03. The van der Waals surface area contributed by atoms with Gasteiger partial charge in [0.2, 0.25) is 5.95 Å². The maximum Gasteiger partial charge on any atom is 0.206 e. The predicted molar refractivity (Wildman–Crippen MR) is 70.4 cm³/mol. The van der Waals surface area contributed by atoms with Crippen LogP contribution in [0, 0.1) is 11.6 Å². The normalized spacial score (nSPS) is 11.1. The van der Waals surface area contributed by atoms with Crippen molar-refractivity contribution in [3.8, 4) is 5.69 Å². The van der Waals surface area contributed by atoms with E-state index in [4.69, 9.17) is 17.3 Å². The van der Waals surface area contributed by atoms with Crippen molar-refractivity contribution in [1.82, 2.24) is 9.55 Å². The number of anilines is 1. The molecule has 0 fully saturated rings. The number of hydrogen-bond donors (Lipinski definition) is 1. The third-order valence-electron chi connectivity index (χ3n) is 2.79. The molecule has 3 nitrogen and oxygen atoms in total. The smallest absolute Gasteiger partial charge is 0.206 e. The minimum atomic E-state index is -0.707. The Morgan fingerprint density at radius 2 is 1.89 bits per heavy atom. The maximum absolute atomic E-state index is 13.8. The average molecular weight is 280 g/mol. The maximum atomic E-state index is 13.8. The standard InChI is InChI=1S/C13H8ClF2N3/c14-7-1-3-12-10(5-7)18-13(17)19(12)11-4-2-8(15)6-9(11)16/h1-6H,(H2,17,18). The van der Waals surface area contributed by atoms with Crippen LogP contribution in [0.2, 0.25) is 5.02 Å². The number of imidazole rings is 1. The molecule has 0 bridgehead atoms. The Labute approximate surface area is 112 Å². The molecule has 0 aliphatic carbocycles. The summed E-state index contributed by atoms with van der Waals surface area (Å²) in [5.74, 6) is -1.24. The fourth-order valence-electron chi connectivity index (χ4n) is 1.99. The van der Waals surface area contributed by atoms with Crippen LogP contribution in [0.1, 0.15) is 0 Å². The van der Waals surface area contributed by atoms with Crippen LogP contribution < -0.4 is 5.73 Å². The quantitative estimate of drug-likeness (QED) is 0.740. The molecule has 2 N–H and O–H groups in total. The molecule has 0 atom stereocenters. The Morgan fingerprint density at radius 3 is 2.63 bits per heavy atom. The molecule has 96 valence electrons. The van der Waals surface area contributed by atoms with Gasteiger partial charge in [0.05, 0.1) is 16.7 Å². The summed E-state index contributed by atoms with van der Waals surface area (Å²) >= 11 is 5.86. The van der Waals surface area contributed by atoms with Crippen molar-refractivity contribution in [3.05, 3.63) is 53.1 Å². The van der Waals surface area contributed by atoms with Crippen LogP contribution in [0.5, 0.6) is 0 Å². The van der Waals surface area contributed by atoms with Crippen molar-refractivity contribution in [2.75, 3.05) is 5.73 Å². The monoisotopic (exact) mass is 279 g/mol. The second kappa shape index (κ2) is 4.20. The lowest BCUT2D eigenvalue weighted by atomic mass is 10.2. The van der Waals surface area contributed by atoms with Gasteiger partial charge in [0.15, 0.2) is 0 Å². The molecule has 1 aromatic heterocycles. The molecule has 0 saturated heterocycles. The summed E-state index contributed by atoms with van der Waals surface area (Å²) in [5, 5.41) is 0.511. The first-order valence-electron chi connectivity index (χ1n) is 5.45. The van der Waals surface area contributed by atoms with Crippen molar-refractivity contribution < 1.29 is 8.78 Å². The van der Waals surface area contributed by atoms with Crippen LogP contribution in [0.4, 0.5) is 14.7 Å². The number of benzene rings is 2. The van der Waals surface area contributed by atoms with Crippen molar-refractivity contribution in [2.45, 2.75) is 0 Å². The molecule has 0 unspecified atom stereocenters. The van der Waals surface area contributed by atoms with E-state index in [1.54, 1.807) is 18.2 Å². The number of aromatic nitrogens is 2. The van der Waals surface area contributed by atoms with Crippen LogP contribution in [0.25, 0.3) is 16.7 Å². The van der Waals surface area contributed by atoms with Gasteiger partial charge in [-0.3, -0.25) is 4.57 Å². The number of fused-ring (bicyclic) bond motifs is 1. The van der Waals surface area contributed by atoms with E-state index in [1.165, 1.54) is 16.7 Å². The van der Waals surface area contributed by atoms with Gasteiger partial charge >= 0.3 is 0 Å². The molecule has 3 aromatic rings. The lowest BCUT2D eigenvalue weighted by molar-refractivity contribution is 0.579. The van der Waals surface area contributed by atoms with Gasteiger partial charge in [-0.15, -0.1) is 0 Å². The average Bonchev–Trinajstić information content (AvgIpc) is 2.65. The summed E-state index contributed by atoms with van der Waals surface area (Å²) in [5.41, 5.74) is 7.09. The molecule has 1 heterocycles. The summed E-state index contributed by atoms with van der Waals surface area (Å²) in [4.78, 5) is 4.11. The SMILES string of the molecule is Nc1nc2cc(Cl)ccc2n1-c1ccc(F)cc1F. The van der Waals surface area contributed by atoms with Crippen LogP contribution in [-0.2, 0) is 0 Å². The van der Waals surface area contributed by atoms with Gasteiger partial charge in [0.25, 0.3) is 0 Å². The van der Waals surface area contributed by atoms with Crippen LogP contribution in [0.15, 0.2) is 36.4 Å². The highest BCUT2D eigenvalue weighted by molar-refractivity contribution is 6.31. The van der Waals surface area contributed by atoms with Gasteiger partial charge in [-0.05, 0) is 30.3 Å². The largest absolute Gasteiger partial charge is 0.369 e. The summed E-state index contributed by atoms with van der Waals surface area (Å²) in [6, 6.07) is 8.25. The summed E-state index contributed by atoms with van der Waals surface area (Å²) in [6.07, 6.45) is 0. The van der Waals surface area contributed by atoms with E-state index in [-0.39, 0.29) is 11.6 Å². The molecule has 3 rings (SSSR count). The van der Waals surface area contributed by atoms with E-state index in [9.17, 15) is 8.78 Å². The number of rotatable bonds is 1. The molecule has 19 heavy (non-hydrogen) atoms. The molecule has 0 aliphatic rings. The van der Waals surface area contributed by atoms with Crippen LogP contribution in [0.3, 0.4) is 0 Å². The molecule has 0 saturated carbocycles. The molecule has 2 aromatic carbocycles. The predicted octanol–water partition coefficient (Wildman–Crippen LogP) is 3.54. The number of hydrogen-bond acceptors (Lipinski definition) is 2. The summed E-state index contributed by atoms with van der Waals surface area (Å²) in [7, 11) is 0. The van der Waals surface area contributed by atoms with Gasteiger partial charge in [-0.2, -0.15) is 0 Å². The van der Waals surface area contributed by atoms with Crippen LogP contribution >= 0.6 is 11.6 Å². The Morgan fingerprint density at radius 1 is 1.11 bits per heavy atom. The molecule has 0 amide bonds. The van der Waals surface area contributed by atoms with Crippen molar-refractivity contribution in [1.29, 1.82) is 0 Å². The minimum Gasteiger partial charge on any atom is -0.369 e. The van der Waals surface area contributed by atoms with E-state index in [2.05, 4.69) is 4.98 Å².